The summed E-state index contributed by atoms with van der Waals surface area (Å²) >= 11 is 0. The van der Waals surface area contributed by atoms with Crippen LogP contribution in [0.15, 0.2) is 0 Å². The zero-order valence-electron chi connectivity index (χ0n) is 15.9. The Morgan fingerprint density at radius 2 is 1.04 bits per heavy atom. The normalized spacial score (nSPS) is 19.8. The zero-order valence-corrected chi connectivity index (χ0v) is 19.1. The largest absolute Gasteiger partial charge is 0.305 e. The molecule has 0 radical (unpaired) electrons. The molecule has 0 aromatic heterocycles. The maximum atomic E-state index is 8.79. The van der Waals surface area contributed by atoms with E-state index < -0.39 is 0 Å². The highest BCUT2D eigenvalue weighted by Crippen LogP contribution is 2.00. The average Bonchev–Trinajstić information content (AvgIpc) is 2.46. The molecule has 0 aromatic rings. The molecule has 0 saturated carbocycles. The Balaban J connectivity index is -0.000000551. The molecule has 0 aromatic carbocycles. The summed E-state index contributed by atoms with van der Waals surface area (Å²) in [5.74, 6) is 0. The molecule has 5 nitrogen and oxygen atoms in total. The number of nitrogens with zero attached hydrogens (tertiary/aromatic N) is 5. The van der Waals surface area contributed by atoms with Gasteiger partial charge in [0.05, 0.1) is 6.07 Å². The van der Waals surface area contributed by atoms with Crippen molar-refractivity contribution in [2.24, 2.45) is 0 Å². The molecule has 0 aliphatic carbocycles. The van der Waals surface area contributed by atoms with Gasteiger partial charge in [0.2, 0.25) is 0 Å². The minimum atomic E-state index is 0. The van der Waals surface area contributed by atoms with E-state index >= 15 is 0 Å². The topological polar surface area (TPSA) is 36.8 Å². The monoisotopic (exact) mass is 439 g/mol. The lowest BCUT2D eigenvalue weighted by Crippen LogP contribution is -2.38. The van der Waals surface area contributed by atoms with Crippen molar-refractivity contribution in [2.75, 3.05) is 80.0 Å². The molecular formula is C16H37Cl4N5. The third kappa shape index (κ3) is 17.7. The number of hydrogen-bond donors (Lipinski definition) is 0. The number of likely N-dealkylation sites (N-methyl/N-ethyl adjacent to an activating group) is 3. The molecule has 1 saturated heterocycles. The lowest BCUT2D eigenvalue weighted by Gasteiger charge is -2.28. The quantitative estimate of drug-likeness (QED) is 0.659. The first kappa shape index (κ1) is 33.1. The molecule has 25 heavy (non-hydrogen) atoms. The van der Waals surface area contributed by atoms with Crippen LogP contribution in [0.2, 0.25) is 0 Å². The van der Waals surface area contributed by atoms with E-state index in [9.17, 15) is 0 Å². The van der Waals surface area contributed by atoms with Crippen LogP contribution in [0.25, 0.3) is 0 Å². The molecule has 1 heterocycles. The minimum absolute atomic E-state index is 0. The predicted octanol–water partition coefficient (Wildman–Crippen LogP) is 2.48. The molecule has 0 N–H and O–H groups in total. The van der Waals surface area contributed by atoms with Gasteiger partial charge in [-0.05, 0) is 60.2 Å². The van der Waals surface area contributed by atoms with Gasteiger partial charge < -0.3 is 19.6 Å². The second-order valence-corrected chi connectivity index (χ2v) is 6.37. The van der Waals surface area contributed by atoms with Crippen LogP contribution in [0.5, 0.6) is 0 Å². The average molecular weight is 441 g/mol. The Morgan fingerprint density at radius 1 is 0.640 bits per heavy atom. The van der Waals surface area contributed by atoms with Crippen molar-refractivity contribution < 1.29 is 0 Å². The summed E-state index contributed by atoms with van der Waals surface area (Å²) in [6.07, 6.45) is 3.06. The first-order valence-corrected chi connectivity index (χ1v) is 8.26. The van der Waals surface area contributed by atoms with Crippen LogP contribution in [0.1, 0.15) is 19.3 Å². The third-order valence-electron chi connectivity index (χ3n) is 4.30. The van der Waals surface area contributed by atoms with Gasteiger partial charge in [-0.2, -0.15) is 5.26 Å². The highest BCUT2D eigenvalue weighted by atomic mass is 35.5. The first-order chi connectivity index (χ1) is 10.1. The lowest BCUT2D eigenvalue weighted by molar-refractivity contribution is 0.192. The van der Waals surface area contributed by atoms with E-state index in [1.165, 1.54) is 19.4 Å². The van der Waals surface area contributed by atoms with Crippen LogP contribution in [0.3, 0.4) is 0 Å². The molecule has 0 unspecified atom stereocenters. The summed E-state index contributed by atoms with van der Waals surface area (Å²) in [5, 5.41) is 8.79. The van der Waals surface area contributed by atoms with Gasteiger partial charge in [0.15, 0.2) is 0 Å². The highest BCUT2D eigenvalue weighted by molar-refractivity contribution is 5.86. The fraction of sp³-hybridized carbons (Fsp3) is 0.938. The molecule has 154 valence electrons. The summed E-state index contributed by atoms with van der Waals surface area (Å²) in [7, 11) is 6.65. The van der Waals surface area contributed by atoms with Crippen molar-refractivity contribution >= 4 is 49.6 Å². The van der Waals surface area contributed by atoms with Crippen molar-refractivity contribution in [3.8, 4) is 6.07 Å². The second kappa shape index (κ2) is 20.8. The van der Waals surface area contributed by atoms with Crippen molar-refractivity contribution in [1.82, 2.24) is 19.6 Å². The Hall–Kier alpha value is 0.490. The molecule has 9 heteroatoms. The van der Waals surface area contributed by atoms with Gasteiger partial charge in [0.1, 0.15) is 0 Å². The molecular weight excluding hydrogens is 404 g/mol. The second-order valence-electron chi connectivity index (χ2n) is 6.37. The molecule has 1 rings (SSSR count). The summed E-state index contributed by atoms with van der Waals surface area (Å²) < 4.78 is 0. The van der Waals surface area contributed by atoms with Crippen LogP contribution in [0, 0.1) is 11.3 Å². The smallest absolute Gasteiger partial charge is 0.0635 e. The predicted molar refractivity (Wildman–Crippen MR) is 117 cm³/mol. The Bertz CT molecular complexity index is 317. The fourth-order valence-corrected chi connectivity index (χ4v) is 2.71. The Kier molecular flexibility index (Phi) is 27.5. The Labute approximate surface area is 179 Å². The Morgan fingerprint density at radius 3 is 1.48 bits per heavy atom. The van der Waals surface area contributed by atoms with Gasteiger partial charge in [-0.25, -0.2) is 0 Å². The van der Waals surface area contributed by atoms with Gasteiger partial charge in [0, 0.05) is 39.1 Å². The van der Waals surface area contributed by atoms with E-state index in [1.807, 2.05) is 0 Å². The molecule has 0 spiro atoms. The van der Waals surface area contributed by atoms with Crippen molar-refractivity contribution in [1.29, 1.82) is 5.26 Å². The van der Waals surface area contributed by atoms with Crippen molar-refractivity contribution in [3.63, 3.8) is 0 Å². The van der Waals surface area contributed by atoms with E-state index in [0.29, 0.717) is 6.42 Å². The van der Waals surface area contributed by atoms with Gasteiger partial charge in [-0.3, -0.25) is 0 Å². The van der Waals surface area contributed by atoms with Crippen LogP contribution >= 0.6 is 49.6 Å². The highest BCUT2D eigenvalue weighted by Gasteiger charge is 2.09. The van der Waals surface area contributed by atoms with Crippen molar-refractivity contribution in [2.45, 2.75) is 19.3 Å². The maximum Gasteiger partial charge on any atom is 0.0635 e. The van der Waals surface area contributed by atoms with Gasteiger partial charge >= 0.3 is 0 Å². The lowest BCUT2D eigenvalue weighted by atomic mass is 10.3. The minimum Gasteiger partial charge on any atom is -0.305 e. The van der Waals surface area contributed by atoms with Gasteiger partial charge in [-0.1, -0.05) is 0 Å². The van der Waals surface area contributed by atoms with Crippen LogP contribution in [-0.4, -0.2) is 99.6 Å². The summed E-state index contributed by atoms with van der Waals surface area (Å²) in [6.45, 7) is 9.98. The number of halogens is 4. The standard InChI is InChI=1S/C16H33N5.4ClH/c1-18-8-5-9-20(3)15-16-21(11-4-7-17)12-6-10-19(2)14-13-18;;;;/h4-6,8-16H2,1-3H3;4*1H. The summed E-state index contributed by atoms with van der Waals surface area (Å²) in [6, 6.07) is 2.27. The summed E-state index contributed by atoms with van der Waals surface area (Å²) in [4.78, 5) is 9.74. The summed E-state index contributed by atoms with van der Waals surface area (Å²) in [5.41, 5.74) is 0. The zero-order chi connectivity index (χ0) is 15.5. The molecule has 1 aliphatic rings. The number of hydrogen-bond acceptors (Lipinski definition) is 5. The number of nitriles is 1. The van der Waals surface area contributed by atoms with Gasteiger partial charge in [0.25, 0.3) is 0 Å². The van der Waals surface area contributed by atoms with E-state index in [4.69, 9.17) is 5.26 Å². The third-order valence-corrected chi connectivity index (χ3v) is 4.30. The van der Waals surface area contributed by atoms with E-state index in [1.54, 1.807) is 0 Å². The maximum absolute atomic E-state index is 8.79. The van der Waals surface area contributed by atoms with Crippen LogP contribution in [-0.2, 0) is 0 Å². The van der Waals surface area contributed by atoms with Crippen LogP contribution < -0.4 is 0 Å². The van der Waals surface area contributed by atoms with Crippen LogP contribution in [0.4, 0.5) is 0 Å². The molecule has 0 atom stereocenters. The fourth-order valence-electron chi connectivity index (χ4n) is 2.71. The molecule has 1 aliphatic heterocycles. The molecule has 1 fully saturated rings. The van der Waals surface area contributed by atoms with E-state index in [0.717, 1.165) is 52.4 Å². The molecule has 0 bridgehead atoms. The first-order valence-electron chi connectivity index (χ1n) is 8.26. The van der Waals surface area contributed by atoms with E-state index in [-0.39, 0.29) is 49.6 Å². The number of rotatable bonds is 2. The van der Waals surface area contributed by atoms with Gasteiger partial charge in [-0.15, -0.1) is 49.6 Å². The van der Waals surface area contributed by atoms with E-state index in [2.05, 4.69) is 46.8 Å². The molecule has 0 amide bonds. The van der Waals surface area contributed by atoms with Crippen molar-refractivity contribution in [3.05, 3.63) is 0 Å². The SMILES string of the molecule is CN1CCCN(C)CCN(CCC#N)CCCN(C)CC1.Cl.Cl.Cl.Cl.